The van der Waals surface area contributed by atoms with E-state index in [9.17, 15) is 19.8 Å². The molecule has 0 N–H and O–H groups in total. The summed E-state index contributed by atoms with van der Waals surface area (Å²) in [5.74, 6) is -2.32. The molecule has 0 heterocycles. The van der Waals surface area contributed by atoms with Crippen LogP contribution in [-0.2, 0) is 0 Å². The van der Waals surface area contributed by atoms with Gasteiger partial charge >= 0.3 is 0 Å². The van der Waals surface area contributed by atoms with Crippen molar-refractivity contribution in [3.8, 4) is 11.5 Å². The third kappa shape index (κ3) is 1.01. The molecule has 0 aliphatic heterocycles. The van der Waals surface area contributed by atoms with Crippen molar-refractivity contribution < 1.29 is 19.8 Å². The van der Waals surface area contributed by atoms with Gasteiger partial charge in [-0.3, -0.25) is 9.59 Å². The van der Waals surface area contributed by atoms with Crippen LogP contribution in [0.1, 0.15) is 20.7 Å². The Labute approximate surface area is 79.1 Å². The summed E-state index contributed by atoms with van der Waals surface area (Å²) in [7, 11) is 0. The number of benzene rings is 1. The van der Waals surface area contributed by atoms with E-state index in [1.165, 1.54) is 0 Å². The first kappa shape index (κ1) is 8.50. The van der Waals surface area contributed by atoms with Crippen molar-refractivity contribution in [1.82, 2.24) is 0 Å². The molecule has 0 bridgehead atoms. The number of carbonyl (C=O) groups excluding carboxylic acids is 2. The lowest BCUT2D eigenvalue weighted by Gasteiger charge is -2.22. The lowest BCUT2D eigenvalue weighted by atomic mass is 9.93. The van der Waals surface area contributed by atoms with Crippen molar-refractivity contribution >= 4 is 11.6 Å². The van der Waals surface area contributed by atoms with Gasteiger partial charge in [0.2, 0.25) is 0 Å². The monoisotopic (exact) mass is 188 g/mol. The Bertz CT molecular complexity index is 428. The highest BCUT2D eigenvalue weighted by Gasteiger charge is 2.19. The highest BCUT2D eigenvalue weighted by Crippen LogP contribution is 2.29. The molecule has 0 radical (unpaired) electrons. The summed E-state index contributed by atoms with van der Waals surface area (Å²) in [6.45, 7) is 0. The largest absolute Gasteiger partial charge is 0.872 e. The Morgan fingerprint density at radius 1 is 0.786 bits per heavy atom. The molecule has 0 saturated carbocycles. The van der Waals surface area contributed by atoms with E-state index in [1.54, 1.807) is 0 Å². The molecule has 0 atom stereocenters. The van der Waals surface area contributed by atoms with Crippen molar-refractivity contribution in [3.05, 3.63) is 35.4 Å². The summed E-state index contributed by atoms with van der Waals surface area (Å²) < 4.78 is 0. The average Bonchev–Trinajstić information content (AvgIpc) is 2.16. The van der Waals surface area contributed by atoms with Crippen molar-refractivity contribution in [2.45, 2.75) is 0 Å². The number of hydrogen-bond donors (Lipinski definition) is 0. The quantitative estimate of drug-likeness (QED) is 0.563. The van der Waals surface area contributed by atoms with Crippen LogP contribution in [0.2, 0.25) is 0 Å². The van der Waals surface area contributed by atoms with Crippen molar-refractivity contribution in [1.29, 1.82) is 0 Å². The second-order valence-corrected chi connectivity index (χ2v) is 2.87. The van der Waals surface area contributed by atoms with Crippen LogP contribution in [0.5, 0.6) is 11.5 Å². The summed E-state index contributed by atoms with van der Waals surface area (Å²) in [5, 5.41) is 22.5. The fraction of sp³-hybridized carbons (Fsp3) is 0. The third-order valence-electron chi connectivity index (χ3n) is 2.01. The van der Waals surface area contributed by atoms with Gasteiger partial charge in [0.1, 0.15) is 0 Å². The molecule has 1 aliphatic rings. The smallest absolute Gasteiger partial charge is 0.186 e. The van der Waals surface area contributed by atoms with E-state index in [0.717, 1.165) is 24.3 Å². The number of fused-ring (bicyclic) bond motifs is 1. The molecule has 0 saturated heterocycles. The molecular weight excluding hydrogens is 184 g/mol. The SMILES string of the molecule is O=C1C=CC(=O)c2c([O-])ccc([O-])c21. The fourth-order valence-corrected chi connectivity index (χ4v) is 1.37. The van der Waals surface area contributed by atoms with Crippen LogP contribution in [0.15, 0.2) is 24.3 Å². The highest BCUT2D eigenvalue weighted by atomic mass is 16.3. The molecule has 1 aliphatic carbocycles. The first-order chi connectivity index (χ1) is 6.61. The number of rotatable bonds is 0. The zero-order valence-corrected chi connectivity index (χ0v) is 6.94. The van der Waals surface area contributed by atoms with E-state index in [-0.39, 0.29) is 11.1 Å². The maximum Gasteiger partial charge on any atom is 0.186 e. The van der Waals surface area contributed by atoms with Gasteiger partial charge in [0.15, 0.2) is 11.6 Å². The molecular formula is C10H4O4-2. The zero-order valence-electron chi connectivity index (χ0n) is 6.94. The summed E-state index contributed by atoms with van der Waals surface area (Å²) in [4.78, 5) is 22.5. The zero-order chi connectivity index (χ0) is 10.3. The van der Waals surface area contributed by atoms with Gasteiger partial charge < -0.3 is 10.2 Å². The molecule has 0 unspecified atom stereocenters. The molecule has 4 heteroatoms. The fourth-order valence-electron chi connectivity index (χ4n) is 1.37. The molecule has 4 nitrogen and oxygen atoms in total. The predicted octanol–water partition coefficient (Wildman–Crippen LogP) is -0.231. The number of hydrogen-bond acceptors (Lipinski definition) is 4. The predicted molar refractivity (Wildman–Crippen MR) is 43.1 cm³/mol. The molecule has 1 aromatic carbocycles. The number of carbonyl (C=O) groups is 2. The summed E-state index contributed by atoms with van der Waals surface area (Å²) in [6.07, 6.45) is 2.01. The molecule has 0 aromatic heterocycles. The van der Waals surface area contributed by atoms with Crippen LogP contribution in [0.4, 0.5) is 0 Å². The maximum absolute atomic E-state index is 11.2. The van der Waals surface area contributed by atoms with Gasteiger partial charge in [0, 0.05) is 11.1 Å². The average molecular weight is 188 g/mol. The van der Waals surface area contributed by atoms with Crippen LogP contribution < -0.4 is 10.2 Å². The van der Waals surface area contributed by atoms with E-state index in [0.29, 0.717) is 0 Å². The highest BCUT2D eigenvalue weighted by molar-refractivity contribution is 6.24. The Kier molecular flexibility index (Phi) is 1.64. The van der Waals surface area contributed by atoms with Crippen LogP contribution in [0.25, 0.3) is 0 Å². The summed E-state index contributed by atoms with van der Waals surface area (Å²) in [5.41, 5.74) is -0.602. The van der Waals surface area contributed by atoms with Gasteiger partial charge in [0.25, 0.3) is 0 Å². The lowest BCUT2D eigenvalue weighted by Crippen LogP contribution is -2.17. The van der Waals surface area contributed by atoms with Gasteiger partial charge in [-0.1, -0.05) is 23.6 Å². The molecule has 2 rings (SSSR count). The second kappa shape index (κ2) is 2.70. The normalized spacial score (nSPS) is 14.3. The van der Waals surface area contributed by atoms with E-state index in [2.05, 4.69) is 0 Å². The number of allylic oxidation sites excluding steroid dienone is 2. The third-order valence-corrected chi connectivity index (χ3v) is 2.01. The summed E-state index contributed by atoms with van der Waals surface area (Å²) >= 11 is 0. The van der Waals surface area contributed by atoms with E-state index in [4.69, 9.17) is 0 Å². The minimum Gasteiger partial charge on any atom is -0.872 e. The van der Waals surface area contributed by atoms with Crippen molar-refractivity contribution in [3.63, 3.8) is 0 Å². The van der Waals surface area contributed by atoms with E-state index in [1.807, 2.05) is 0 Å². The Hall–Kier alpha value is -2.10. The summed E-state index contributed by atoms with van der Waals surface area (Å²) in [6, 6.07) is 2.01. The van der Waals surface area contributed by atoms with Crippen LogP contribution in [0.3, 0.4) is 0 Å². The van der Waals surface area contributed by atoms with Gasteiger partial charge in [-0.2, -0.15) is 0 Å². The molecule has 1 aromatic rings. The minimum absolute atomic E-state index is 0.301. The number of ketones is 2. The van der Waals surface area contributed by atoms with Crippen LogP contribution >= 0.6 is 0 Å². The second-order valence-electron chi connectivity index (χ2n) is 2.87. The van der Waals surface area contributed by atoms with Crippen LogP contribution in [-0.4, -0.2) is 11.6 Å². The maximum atomic E-state index is 11.2. The topological polar surface area (TPSA) is 80.3 Å². The first-order valence-electron chi connectivity index (χ1n) is 3.89. The van der Waals surface area contributed by atoms with Gasteiger partial charge in [-0.25, -0.2) is 0 Å². The van der Waals surface area contributed by atoms with Gasteiger partial charge in [-0.15, -0.1) is 0 Å². The molecule has 14 heavy (non-hydrogen) atoms. The molecule has 0 fully saturated rings. The minimum atomic E-state index is -0.581. The van der Waals surface area contributed by atoms with Crippen molar-refractivity contribution in [2.24, 2.45) is 0 Å². The van der Waals surface area contributed by atoms with Crippen LogP contribution in [0, 0.1) is 0 Å². The molecule has 70 valence electrons. The molecule has 0 amide bonds. The van der Waals surface area contributed by atoms with E-state index < -0.39 is 23.1 Å². The standard InChI is InChI=1S/C10H6O4/c11-5-1-2-6(12)10-8(14)4-3-7(13)9(5)10/h1-4,11-12H/p-2. The first-order valence-corrected chi connectivity index (χ1v) is 3.89. The Balaban J connectivity index is 2.83. The molecule has 0 spiro atoms. The van der Waals surface area contributed by atoms with Gasteiger partial charge in [0.05, 0.1) is 0 Å². The van der Waals surface area contributed by atoms with Crippen molar-refractivity contribution in [2.75, 3.05) is 0 Å². The Morgan fingerprint density at radius 2 is 1.14 bits per heavy atom. The van der Waals surface area contributed by atoms with E-state index >= 15 is 0 Å². The van der Waals surface area contributed by atoms with Gasteiger partial charge in [-0.05, 0) is 12.2 Å². The lowest BCUT2D eigenvalue weighted by molar-refractivity contribution is -0.275. The Morgan fingerprint density at radius 3 is 1.50 bits per heavy atom.